The number of hydrogen-bond acceptors (Lipinski definition) is 8. The Morgan fingerprint density at radius 2 is 1.66 bits per heavy atom. The van der Waals surface area contributed by atoms with E-state index in [1.807, 2.05) is 49.4 Å². The molecule has 3 amide bonds. The van der Waals surface area contributed by atoms with Crippen LogP contribution in [0.1, 0.15) is 39.2 Å². The Kier molecular flexibility index (Phi) is 8.32. The Bertz CT molecular complexity index is 1850. The molecule has 1 fully saturated rings. The normalized spacial score (nSPS) is 19.0. The summed E-state index contributed by atoms with van der Waals surface area (Å²) in [4.78, 5) is 68.1. The zero-order chi connectivity index (χ0) is 31.1. The number of nitrogens with one attached hydrogen (secondary N) is 1. The summed E-state index contributed by atoms with van der Waals surface area (Å²) in [5.41, 5.74) is 2.97. The predicted molar refractivity (Wildman–Crippen MR) is 172 cm³/mol. The van der Waals surface area contributed by atoms with Gasteiger partial charge in [-0.15, -0.1) is 0 Å². The SMILES string of the molecule is CCOC(=O)c1ccc(N2C(=O)C3Sc4c(sc(=O)n4CC(=O)Nc4ccccc4C)[C@H](c4ccc(Br)cc4)C3C2=O)cc1. The minimum atomic E-state index is -0.826. The molecule has 4 aromatic rings. The zero-order valence-electron chi connectivity index (χ0n) is 23.6. The Labute approximate surface area is 269 Å². The third-order valence-corrected chi connectivity index (χ3v) is 10.8. The predicted octanol–water partition coefficient (Wildman–Crippen LogP) is 5.59. The Morgan fingerprint density at radius 1 is 0.955 bits per heavy atom. The van der Waals surface area contributed by atoms with E-state index in [-0.39, 0.29) is 29.8 Å². The molecular weight excluding hydrogens is 666 g/mol. The average Bonchev–Trinajstić information content (AvgIpc) is 3.45. The summed E-state index contributed by atoms with van der Waals surface area (Å²) < 4.78 is 7.29. The topological polar surface area (TPSA) is 115 Å². The smallest absolute Gasteiger partial charge is 0.338 e. The molecule has 9 nitrogen and oxygen atoms in total. The van der Waals surface area contributed by atoms with Crippen molar-refractivity contribution >= 4 is 74.1 Å². The second-order valence-corrected chi connectivity index (χ2v) is 13.4. The van der Waals surface area contributed by atoms with E-state index in [4.69, 9.17) is 4.74 Å². The van der Waals surface area contributed by atoms with Crippen molar-refractivity contribution in [3.8, 4) is 0 Å². The highest BCUT2D eigenvalue weighted by atomic mass is 79.9. The molecule has 1 saturated heterocycles. The van der Waals surface area contributed by atoms with Gasteiger partial charge >= 0.3 is 10.8 Å². The van der Waals surface area contributed by atoms with Crippen LogP contribution in [0.4, 0.5) is 11.4 Å². The van der Waals surface area contributed by atoms with Gasteiger partial charge in [-0.1, -0.05) is 69.4 Å². The van der Waals surface area contributed by atoms with Crippen LogP contribution >= 0.6 is 39.0 Å². The average molecular weight is 693 g/mol. The first-order chi connectivity index (χ1) is 21.2. The van der Waals surface area contributed by atoms with Gasteiger partial charge in [0.15, 0.2) is 0 Å². The van der Waals surface area contributed by atoms with E-state index in [2.05, 4.69) is 21.2 Å². The maximum atomic E-state index is 14.1. The largest absolute Gasteiger partial charge is 0.462 e. The van der Waals surface area contributed by atoms with Gasteiger partial charge in [-0.05, 0) is 67.4 Å². The molecule has 1 N–H and O–H groups in total. The van der Waals surface area contributed by atoms with Gasteiger partial charge in [-0.3, -0.25) is 23.7 Å². The van der Waals surface area contributed by atoms with E-state index in [0.29, 0.717) is 26.8 Å². The number of thioether (sulfide) groups is 1. The first-order valence-corrected chi connectivity index (χ1v) is 16.3. The fourth-order valence-electron chi connectivity index (χ4n) is 5.55. The highest BCUT2D eigenvalue weighted by molar-refractivity contribution is 9.10. The second-order valence-electron chi connectivity index (χ2n) is 10.4. The fraction of sp³-hybridized carbons (Fsp3) is 0.219. The molecule has 3 atom stereocenters. The third-order valence-electron chi connectivity index (χ3n) is 7.64. The number of carbonyl (C=O) groups is 4. The van der Waals surface area contributed by atoms with E-state index in [9.17, 15) is 24.0 Å². The maximum absolute atomic E-state index is 14.1. The standard InChI is InChI=1S/C32H26BrN3O6S2/c1-3-42-31(40)19-10-14-21(15-11-19)36-28(38)25-24(18-8-12-20(33)13-9-18)27-30(43-26(25)29(36)39)35(32(41)44-27)16-23(37)34-22-7-5-4-6-17(22)2/h4-15,24-26H,3,16H2,1-2H3,(H,34,37)/t24-,25?,26?/m1/s1. The molecule has 0 radical (unpaired) electrons. The number of esters is 1. The summed E-state index contributed by atoms with van der Waals surface area (Å²) in [5, 5.41) is 2.56. The van der Waals surface area contributed by atoms with Crippen molar-refractivity contribution < 1.29 is 23.9 Å². The quantitative estimate of drug-likeness (QED) is 0.198. The molecule has 44 heavy (non-hydrogen) atoms. The van der Waals surface area contributed by atoms with Crippen LogP contribution in [0, 0.1) is 12.8 Å². The number of nitrogens with zero attached hydrogens (tertiary/aromatic N) is 2. The van der Waals surface area contributed by atoms with Gasteiger partial charge in [0.05, 0.1) is 28.8 Å². The summed E-state index contributed by atoms with van der Waals surface area (Å²) in [6.07, 6.45) is 0. The second kappa shape index (κ2) is 12.2. The van der Waals surface area contributed by atoms with Crippen LogP contribution in [-0.2, 0) is 25.7 Å². The van der Waals surface area contributed by atoms with Crippen molar-refractivity contribution in [3.05, 3.63) is 109 Å². The lowest BCUT2D eigenvalue weighted by Gasteiger charge is -2.30. The Morgan fingerprint density at radius 3 is 2.34 bits per heavy atom. The molecule has 3 aromatic carbocycles. The van der Waals surface area contributed by atoms with Crippen molar-refractivity contribution in [1.29, 1.82) is 0 Å². The minimum absolute atomic E-state index is 0.227. The van der Waals surface area contributed by atoms with E-state index in [0.717, 1.165) is 43.6 Å². The molecule has 0 bridgehead atoms. The van der Waals surface area contributed by atoms with Gasteiger partial charge in [0.1, 0.15) is 11.8 Å². The summed E-state index contributed by atoms with van der Waals surface area (Å²) in [6.45, 7) is 3.58. The van der Waals surface area contributed by atoms with E-state index >= 15 is 0 Å². The van der Waals surface area contributed by atoms with Crippen molar-refractivity contribution in [2.45, 2.75) is 36.6 Å². The van der Waals surface area contributed by atoms with Crippen molar-refractivity contribution in [2.24, 2.45) is 5.92 Å². The van der Waals surface area contributed by atoms with Gasteiger partial charge in [-0.25, -0.2) is 9.69 Å². The lowest BCUT2D eigenvalue weighted by Crippen LogP contribution is -2.33. The summed E-state index contributed by atoms with van der Waals surface area (Å²) >= 11 is 5.60. The number of hydrogen-bond donors (Lipinski definition) is 1. The molecule has 6 rings (SSSR count). The molecule has 0 spiro atoms. The first kappa shape index (κ1) is 30.0. The van der Waals surface area contributed by atoms with E-state index in [1.54, 1.807) is 25.1 Å². The molecule has 2 aliphatic rings. The molecule has 3 heterocycles. The number of benzene rings is 3. The number of imide groups is 1. The lowest BCUT2D eigenvalue weighted by molar-refractivity contribution is -0.122. The maximum Gasteiger partial charge on any atom is 0.338 e. The van der Waals surface area contributed by atoms with Gasteiger partial charge in [0.2, 0.25) is 17.7 Å². The van der Waals surface area contributed by atoms with E-state index < -0.39 is 29.0 Å². The van der Waals surface area contributed by atoms with Crippen molar-refractivity contribution in [2.75, 3.05) is 16.8 Å². The summed E-state index contributed by atoms with van der Waals surface area (Å²) in [6, 6.07) is 21.0. The zero-order valence-corrected chi connectivity index (χ0v) is 26.8. The van der Waals surface area contributed by atoms with Crippen molar-refractivity contribution in [3.63, 3.8) is 0 Å². The van der Waals surface area contributed by atoms with Gasteiger partial charge < -0.3 is 10.1 Å². The fourth-order valence-corrected chi connectivity index (χ4v) is 8.58. The number of aryl methyl sites for hydroxylation is 1. The number of carbonyl (C=O) groups excluding carboxylic acids is 4. The number of aromatic nitrogens is 1. The highest BCUT2D eigenvalue weighted by Crippen LogP contribution is 2.54. The number of anilines is 2. The van der Waals surface area contributed by atoms with Crippen LogP contribution in [-0.4, -0.2) is 40.1 Å². The number of fused-ring (bicyclic) bond motifs is 2. The monoisotopic (exact) mass is 691 g/mol. The molecule has 2 aliphatic heterocycles. The van der Waals surface area contributed by atoms with Crippen molar-refractivity contribution in [1.82, 2.24) is 4.57 Å². The van der Waals surface area contributed by atoms with Gasteiger partial charge in [-0.2, -0.15) is 0 Å². The van der Waals surface area contributed by atoms with Crippen LogP contribution < -0.4 is 15.1 Å². The number of halogens is 1. The number of para-hydroxylation sites is 1. The third kappa shape index (κ3) is 5.42. The Hall–Kier alpha value is -4.00. The van der Waals surface area contributed by atoms with E-state index in [1.165, 1.54) is 16.7 Å². The summed E-state index contributed by atoms with van der Waals surface area (Å²) in [7, 11) is 0. The van der Waals surface area contributed by atoms with Crippen LogP contribution in [0.15, 0.2) is 87.1 Å². The summed E-state index contributed by atoms with van der Waals surface area (Å²) in [5.74, 6) is -3.04. The van der Waals surface area contributed by atoms with Crippen LogP contribution in [0.5, 0.6) is 0 Å². The number of thiazole rings is 1. The minimum Gasteiger partial charge on any atom is -0.462 e. The first-order valence-electron chi connectivity index (χ1n) is 13.8. The molecule has 0 saturated carbocycles. The van der Waals surface area contributed by atoms with Gasteiger partial charge in [0.25, 0.3) is 0 Å². The number of rotatable bonds is 7. The molecule has 12 heteroatoms. The Balaban J connectivity index is 1.37. The van der Waals surface area contributed by atoms with Gasteiger partial charge in [0, 0.05) is 21.0 Å². The molecule has 1 aromatic heterocycles. The molecule has 224 valence electrons. The number of ether oxygens (including phenoxy) is 1. The molecular formula is C32H26BrN3O6S2. The van der Waals surface area contributed by atoms with Crippen LogP contribution in [0.3, 0.4) is 0 Å². The van der Waals surface area contributed by atoms with Crippen LogP contribution in [0.2, 0.25) is 0 Å². The number of amides is 3. The highest BCUT2D eigenvalue weighted by Gasteiger charge is 2.56. The molecule has 2 unspecified atom stereocenters. The van der Waals surface area contributed by atoms with Crippen LogP contribution in [0.25, 0.3) is 0 Å². The lowest BCUT2D eigenvalue weighted by atomic mass is 9.83. The molecule has 0 aliphatic carbocycles.